The van der Waals surface area contributed by atoms with E-state index >= 15 is 0 Å². The number of rotatable bonds is 3. The van der Waals surface area contributed by atoms with E-state index in [4.69, 9.17) is 16.3 Å². The van der Waals surface area contributed by atoms with E-state index in [0.717, 1.165) is 16.8 Å². The lowest BCUT2D eigenvalue weighted by Crippen LogP contribution is -2.05. The number of halogens is 3. The summed E-state index contributed by atoms with van der Waals surface area (Å²) in [5.41, 5.74) is 0.738. The SMILES string of the molecule is COc1ccc(Cl)c(-c2nnn(-c3c(F)cccc3F)c2C)n1. The third-order valence-electron chi connectivity index (χ3n) is 3.30. The number of benzene rings is 1. The van der Waals surface area contributed by atoms with Crippen molar-refractivity contribution in [3.8, 4) is 23.0 Å². The number of nitrogens with zero attached hydrogens (tertiary/aromatic N) is 4. The Bertz CT molecular complexity index is 862. The second-order valence-electron chi connectivity index (χ2n) is 4.69. The van der Waals surface area contributed by atoms with Crippen LogP contribution in [0.1, 0.15) is 5.69 Å². The van der Waals surface area contributed by atoms with Crippen LogP contribution in [0.3, 0.4) is 0 Å². The van der Waals surface area contributed by atoms with Gasteiger partial charge in [0.05, 0.1) is 17.8 Å². The Morgan fingerprint density at radius 2 is 1.78 bits per heavy atom. The number of para-hydroxylation sites is 1. The first-order valence-corrected chi connectivity index (χ1v) is 6.98. The number of methoxy groups -OCH3 is 1. The Kier molecular flexibility index (Phi) is 3.96. The predicted octanol–water partition coefficient (Wildman–Crippen LogP) is 3.58. The molecule has 5 nitrogen and oxygen atoms in total. The largest absolute Gasteiger partial charge is 0.481 e. The lowest BCUT2D eigenvalue weighted by Gasteiger charge is -2.07. The first-order chi connectivity index (χ1) is 11.0. The Hall–Kier alpha value is -2.54. The minimum atomic E-state index is -0.741. The zero-order valence-electron chi connectivity index (χ0n) is 12.2. The van der Waals surface area contributed by atoms with Crippen molar-refractivity contribution in [2.75, 3.05) is 7.11 Å². The van der Waals surface area contributed by atoms with Gasteiger partial charge >= 0.3 is 0 Å². The van der Waals surface area contributed by atoms with E-state index in [1.807, 2.05) is 0 Å². The molecule has 0 N–H and O–H groups in total. The maximum Gasteiger partial charge on any atom is 0.213 e. The first-order valence-electron chi connectivity index (χ1n) is 6.60. The molecule has 0 amide bonds. The summed E-state index contributed by atoms with van der Waals surface area (Å²) in [5, 5.41) is 8.11. The van der Waals surface area contributed by atoms with Gasteiger partial charge in [-0.2, -0.15) is 0 Å². The molecule has 2 heterocycles. The van der Waals surface area contributed by atoms with Crippen LogP contribution in [0.15, 0.2) is 30.3 Å². The van der Waals surface area contributed by atoms with Crippen molar-refractivity contribution in [3.05, 3.63) is 52.7 Å². The fourth-order valence-corrected chi connectivity index (χ4v) is 2.35. The van der Waals surface area contributed by atoms with Crippen LogP contribution in [0, 0.1) is 18.6 Å². The third-order valence-corrected chi connectivity index (χ3v) is 3.60. The summed E-state index contributed by atoms with van der Waals surface area (Å²) in [6, 6.07) is 6.78. The number of ether oxygens (including phenoxy) is 1. The van der Waals surface area contributed by atoms with E-state index in [1.54, 1.807) is 19.1 Å². The van der Waals surface area contributed by atoms with Gasteiger partial charge in [0.2, 0.25) is 5.88 Å². The van der Waals surface area contributed by atoms with Crippen molar-refractivity contribution >= 4 is 11.6 Å². The highest BCUT2D eigenvalue weighted by Crippen LogP contribution is 2.30. The lowest BCUT2D eigenvalue weighted by atomic mass is 10.2. The van der Waals surface area contributed by atoms with Crippen molar-refractivity contribution in [1.82, 2.24) is 20.0 Å². The molecule has 0 radical (unpaired) electrons. The topological polar surface area (TPSA) is 52.8 Å². The van der Waals surface area contributed by atoms with Gasteiger partial charge in [0.25, 0.3) is 0 Å². The molecule has 0 atom stereocenters. The molecule has 118 valence electrons. The predicted molar refractivity (Wildman–Crippen MR) is 80.8 cm³/mol. The Morgan fingerprint density at radius 1 is 1.09 bits per heavy atom. The molecule has 2 aromatic heterocycles. The maximum atomic E-state index is 13.9. The Morgan fingerprint density at radius 3 is 2.43 bits per heavy atom. The summed E-state index contributed by atoms with van der Waals surface area (Å²) in [7, 11) is 1.47. The van der Waals surface area contributed by atoms with Crippen LogP contribution in [0.5, 0.6) is 5.88 Å². The molecule has 0 saturated carbocycles. The van der Waals surface area contributed by atoms with E-state index in [9.17, 15) is 8.78 Å². The molecule has 3 rings (SSSR count). The normalized spacial score (nSPS) is 10.8. The molecule has 8 heteroatoms. The summed E-state index contributed by atoms with van der Waals surface area (Å²) >= 11 is 6.13. The van der Waals surface area contributed by atoms with Crippen molar-refractivity contribution in [2.45, 2.75) is 6.92 Å². The molecule has 0 aliphatic carbocycles. The first kappa shape index (κ1) is 15.4. The molecule has 0 spiro atoms. The highest BCUT2D eigenvalue weighted by Gasteiger charge is 2.20. The molecule has 0 bridgehead atoms. The molecule has 0 aliphatic rings. The highest BCUT2D eigenvalue weighted by molar-refractivity contribution is 6.33. The summed E-state index contributed by atoms with van der Waals surface area (Å²) in [4.78, 5) is 4.22. The van der Waals surface area contributed by atoms with Gasteiger partial charge in [0.15, 0.2) is 11.6 Å². The van der Waals surface area contributed by atoms with Crippen LogP contribution < -0.4 is 4.74 Å². The second-order valence-corrected chi connectivity index (χ2v) is 5.10. The van der Waals surface area contributed by atoms with E-state index in [-0.39, 0.29) is 5.69 Å². The van der Waals surface area contributed by atoms with Gasteiger partial charge in [-0.25, -0.2) is 18.4 Å². The molecule has 0 fully saturated rings. The van der Waals surface area contributed by atoms with Gasteiger partial charge in [-0.05, 0) is 25.1 Å². The van der Waals surface area contributed by atoms with Crippen molar-refractivity contribution in [2.24, 2.45) is 0 Å². The molecule has 0 saturated heterocycles. The van der Waals surface area contributed by atoms with Gasteiger partial charge in [-0.15, -0.1) is 5.10 Å². The fourth-order valence-electron chi connectivity index (χ4n) is 2.16. The van der Waals surface area contributed by atoms with Gasteiger partial charge < -0.3 is 4.74 Å². The maximum absolute atomic E-state index is 13.9. The van der Waals surface area contributed by atoms with E-state index < -0.39 is 11.6 Å². The zero-order valence-corrected chi connectivity index (χ0v) is 13.0. The molecule has 1 aromatic carbocycles. The van der Waals surface area contributed by atoms with Crippen molar-refractivity contribution in [1.29, 1.82) is 0 Å². The Labute approximate surface area is 135 Å². The molecule has 0 unspecified atom stereocenters. The average Bonchev–Trinajstić information content (AvgIpc) is 2.89. The van der Waals surface area contributed by atoms with Gasteiger partial charge in [0.1, 0.15) is 17.1 Å². The summed E-state index contributed by atoms with van der Waals surface area (Å²) < 4.78 is 34.0. The van der Waals surface area contributed by atoms with Crippen LogP contribution in [0.25, 0.3) is 17.1 Å². The third kappa shape index (κ3) is 2.63. The fraction of sp³-hybridized carbons (Fsp3) is 0.133. The van der Waals surface area contributed by atoms with E-state index in [0.29, 0.717) is 28.0 Å². The smallest absolute Gasteiger partial charge is 0.213 e. The molecule has 3 aromatic rings. The zero-order chi connectivity index (χ0) is 16.6. The van der Waals surface area contributed by atoms with E-state index in [2.05, 4.69) is 15.3 Å². The molecule has 23 heavy (non-hydrogen) atoms. The summed E-state index contributed by atoms with van der Waals surface area (Å²) in [5.74, 6) is -1.14. The average molecular weight is 337 g/mol. The summed E-state index contributed by atoms with van der Waals surface area (Å²) in [6.07, 6.45) is 0. The lowest BCUT2D eigenvalue weighted by molar-refractivity contribution is 0.398. The van der Waals surface area contributed by atoms with Crippen LogP contribution >= 0.6 is 11.6 Å². The van der Waals surface area contributed by atoms with Crippen LogP contribution in [0.2, 0.25) is 5.02 Å². The summed E-state index contributed by atoms with van der Waals surface area (Å²) in [6.45, 7) is 1.62. The monoisotopic (exact) mass is 336 g/mol. The van der Waals surface area contributed by atoms with E-state index in [1.165, 1.54) is 13.2 Å². The van der Waals surface area contributed by atoms with Crippen LogP contribution in [-0.2, 0) is 0 Å². The van der Waals surface area contributed by atoms with Crippen LogP contribution in [-0.4, -0.2) is 27.1 Å². The highest BCUT2D eigenvalue weighted by atomic mass is 35.5. The minimum Gasteiger partial charge on any atom is -0.481 e. The van der Waals surface area contributed by atoms with Gasteiger partial charge in [-0.1, -0.05) is 22.9 Å². The minimum absolute atomic E-state index is 0.303. The van der Waals surface area contributed by atoms with Crippen molar-refractivity contribution in [3.63, 3.8) is 0 Å². The second kappa shape index (κ2) is 5.92. The van der Waals surface area contributed by atoms with Gasteiger partial charge in [-0.3, -0.25) is 0 Å². The Balaban J connectivity index is 2.17. The number of aromatic nitrogens is 4. The number of hydrogen-bond donors (Lipinski definition) is 0. The number of hydrogen-bond acceptors (Lipinski definition) is 4. The number of pyridine rings is 1. The van der Waals surface area contributed by atoms with Gasteiger partial charge in [0, 0.05) is 6.07 Å². The molecule has 0 aliphatic heterocycles. The molecular weight excluding hydrogens is 326 g/mol. The van der Waals surface area contributed by atoms with Crippen molar-refractivity contribution < 1.29 is 13.5 Å². The quantitative estimate of drug-likeness (QED) is 0.733. The standard InChI is InChI=1S/C15H11ClF2N4O/c1-8-13(14-9(16)6-7-12(19-14)23-2)20-21-22(8)15-10(17)4-3-5-11(15)18/h3-7H,1-2H3. The molecular formula is C15H11ClF2N4O. The van der Waals surface area contributed by atoms with Crippen LogP contribution in [0.4, 0.5) is 8.78 Å².